The normalized spacial score (nSPS) is 11.9. The standard InChI is InChI=1S/C30H30N10O8S2/c31-27-34-25(12-14-41)36-29(38-27)40(30-37-26(13-15-42)35-28(32)39-30)22-16-20(33-19-7-2-1-3-8-19)17-24(50(46,47)48)21(22)11-10-18-6-4-5-9-23(18)49(43,44)45/h1-11,16-17,33,41-42H,12-15H2,(H,43,44,45)(H,46,47,48)(H2,31,34,36,38)(H2,32,35,37,39). The van der Waals surface area contributed by atoms with Crippen LogP contribution >= 0.6 is 0 Å². The number of hydrogen-bond donors (Lipinski definition) is 7. The summed E-state index contributed by atoms with van der Waals surface area (Å²) in [4.78, 5) is 25.3. The quantitative estimate of drug-likeness (QED) is 0.0676. The van der Waals surface area contributed by atoms with Gasteiger partial charge in [-0.2, -0.15) is 46.7 Å². The van der Waals surface area contributed by atoms with Gasteiger partial charge < -0.3 is 27.0 Å². The summed E-state index contributed by atoms with van der Waals surface area (Å²) >= 11 is 0. The minimum absolute atomic E-state index is 0.0327. The first-order chi connectivity index (χ1) is 23.8. The van der Waals surface area contributed by atoms with Crippen molar-refractivity contribution in [2.75, 3.05) is 34.9 Å². The minimum atomic E-state index is -5.07. The first-order valence-electron chi connectivity index (χ1n) is 14.5. The second kappa shape index (κ2) is 14.9. The number of anilines is 7. The summed E-state index contributed by atoms with van der Waals surface area (Å²) in [5.41, 5.74) is 12.3. The lowest BCUT2D eigenvalue weighted by Crippen LogP contribution is -2.22. The van der Waals surface area contributed by atoms with E-state index in [0.29, 0.717) is 5.69 Å². The lowest BCUT2D eigenvalue weighted by Gasteiger charge is -2.25. The summed E-state index contributed by atoms with van der Waals surface area (Å²) < 4.78 is 70.9. The second-order valence-electron chi connectivity index (χ2n) is 10.3. The molecule has 0 fully saturated rings. The monoisotopic (exact) mass is 722 g/mol. The summed E-state index contributed by atoms with van der Waals surface area (Å²) in [6.07, 6.45) is 2.26. The van der Waals surface area contributed by atoms with Crippen molar-refractivity contribution in [1.29, 1.82) is 0 Å². The molecule has 0 bridgehead atoms. The van der Waals surface area contributed by atoms with Gasteiger partial charge in [-0.15, -0.1) is 0 Å². The van der Waals surface area contributed by atoms with Gasteiger partial charge in [-0.1, -0.05) is 48.6 Å². The van der Waals surface area contributed by atoms with E-state index in [1.54, 1.807) is 30.3 Å². The molecule has 9 N–H and O–H groups in total. The molecule has 18 nitrogen and oxygen atoms in total. The van der Waals surface area contributed by atoms with E-state index in [1.807, 2.05) is 0 Å². The lowest BCUT2D eigenvalue weighted by atomic mass is 10.1. The van der Waals surface area contributed by atoms with E-state index in [-0.39, 0.29) is 84.0 Å². The molecule has 0 aliphatic rings. The molecule has 0 aliphatic carbocycles. The van der Waals surface area contributed by atoms with Crippen LogP contribution in [0.4, 0.5) is 40.9 Å². The van der Waals surface area contributed by atoms with Crippen molar-refractivity contribution in [2.24, 2.45) is 0 Å². The number of benzene rings is 3. The molecule has 2 heterocycles. The van der Waals surface area contributed by atoms with Gasteiger partial charge in [-0.25, -0.2) is 4.90 Å². The first-order valence-corrected chi connectivity index (χ1v) is 17.4. The van der Waals surface area contributed by atoms with Crippen LogP contribution in [0.2, 0.25) is 0 Å². The van der Waals surface area contributed by atoms with Gasteiger partial charge in [-0.3, -0.25) is 9.11 Å². The number of aliphatic hydroxyl groups excluding tert-OH is 2. The molecule has 0 saturated heterocycles. The molecule has 0 aliphatic heterocycles. The molecule has 0 atom stereocenters. The van der Waals surface area contributed by atoms with Crippen molar-refractivity contribution < 1.29 is 36.2 Å². The highest BCUT2D eigenvalue weighted by atomic mass is 32.2. The van der Waals surface area contributed by atoms with Gasteiger partial charge in [0.1, 0.15) is 21.4 Å². The van der Waals surface area contributed by atoms with E-state index in [2.05, 4.69) is 35.2 Å². The Bertz CT molecular complexity index is 2220. The first kappa shape index (κ1) is 35.7. The molecule has 3 aromatic carbocycles. The lowest BCUT2D eigenvalue weighted by molar-refractivity contribution is 0.296. The van der Waals surface area contributed by atoms with Gasteiger partial charge in [0.15, 0.2) is 0 Å². The van der Waals surface area contributed by atoms with Gasteiger partial charge in [0.25, 0.3) is 20.2 Å². The molecule has 260 valence electrons. The van der Waals surface area contributed by atoms with Gasteiger partial charge >= 0.3 is 0 Å². The third-order valence-electron chi connectivity index (χ3n) is 6.77. The molecular formula is C30H30N10O8S2. The van der Waals surface area contributed by atoms with E-state index in [4.69, 9.17) is 11.5 Å². The fourth-order valence-corrected chi connectivity index (χ4v) is 6.15. The highest BCUT2D eigenvalue weighted by molar-refractivity contribution is 7.86. The molecule has 0 spiro atoms. The van der Waals surface area contributed by atoms with E-state index in [1.165, 1.54) is 36.4 Å². The van der Waals surface area contributed by atoms with Gasteiger partial charge in [0, 0.05) is 29.8 Å². The molecular weight excluding hydrogens is 693 g/mol. The minimum Gasteiger partial charge on any atom is -0.396 e. The number of nitrogen functional groups attached to an aromatic ring is 2. The number of aliphatic hydroxyl groups is 2. The summed E-state index contributed by atoms with van der Waals surface area (Å²) in [6, 6.07) is 16.6. The van der Waals surface area contributed by atoms with E-state index in [0.717, 1.165) is 17.0 Å². The SMILES string of the molecule is Nc1nc(CCO)nc(N(c2nc(N)nc(CCO)n2)c2cc(Nc3ccccc3)cc(S(=O)(=O)O)c2C=Cc2ccccc2S(=O)(=O)O)n1. The van der Waals surface area contributed by atoms with Crippen molar-refractivity contribution in [3.8, 4) is 0 Å². The molecule has 5 rings (SSSR count). The van der Waals surface area contributed by atoms with E-state index >= 15 is 0 Å². The van der Waals surface area contributed by atoms with Gasteiger partial charge in [0.2, 0.25) is 23.8 Å². The van der Waals surface area contributed by atoms with E-state index in [9.17, 15) is 36.2 Å². The molecule has 0 radical (unpaired) electrons. The Morgan fingerprint density at radius 2 is 1.20 bits per heavy atom. The van der Waals surface area contributed by atoms with Crippen LogP contribution in [0.1, 0.15) is 22.8 Å². The third-order valence-corrected chi connectivity index (χ3v) is 8.59. The number of nitrogens with one attached hydrogen (secondary N) is 1. The highest BCUT2D eigenvalue weighted by Gasteiger charge is 2.29. The Morgan fingerprint density at radius 3 is 1.74 bits per heavy atom. The van der Waals surface area contributed by atoms with Crippen LogP contribution in [0, 0.1) is 0 Å². The predicted molar refractivity (Wildman–Crippen MR) is 183 cm³/mol. The number of nitrogens with two attached hydrogens (primary N) is 2. The van der Waals surface area contributed by atoms with Crippen molar-refractivity contribution in [2.45, 2.75) is 22.6 Å². The number of nitrogens with zero attached hydrogens (tertiary/aromatic N) is 7. The number of hydrogen-bond acceptors (Lipinski definition) is 16. The molecule has 0 unspecified atom stereocenters. The summed E-state index contributed by atoms with van der Waals surface area (Å²) in [5, 5.41) is 22.3. The fraction of sp³-hybridized carbons (Fsp3) is 0.133. The topological polar surface area (TPSA) is 294 Å². The Kier molecular flexibility index (Phi) is 10.6. The van der Waals surface area contributed by atoms with Gasteiger partial charge in [-0.05, 0) is 35.9 Å². The Labute approximate surface area is 285 Å². The zero-order chi connectivity index (χ0) is 36.1. The Balaban J connectivity index is 1.90. The van der Waals surface area contributed by atoms with Crippen LogP contribution in [-0.2, 0) is 33.1 Å². The fourth-order valence-electron chi connectivity index (χ4n) is 4.74. The average Bonchev–Trinajstić information content (AvgIpc) is 3.04. The van der Waals surface area contributed by atoms with Crippen LogP contribution in [-0.4, -0.2) is 79.3 Å². The van der Waals surface area contributed by atoms with E-state index < -0.39 is 30.0 Å². The Hall–Kier alpha value is -5.64. The van der Waals surface area contributed by atoms with Crippen molar-refractivity contribution >= 4 is 73.2 Å². The molecule has 0 saturated carbocycles. The Morgan fingerprint density at radius 1 is 0.660 bits per heavy atom. The summed E-state index contributed by atoms with van der Waals surface area (Å²) in [5.74, 6) is -1.10. The zero-order valence-corrected chi connectivity index (χ0v) is 27.5. The maximum absolute atomic E-state index is 13.1. The highest BCUT2D eigenvalue weighted by Crippen LogP contribution is 2.40. The van der Waals surface area contributed by atoms with Crippen LogP contribution in [0.5, 0.6) is 0 Å². The molecule has 2 aromatic heterocycles. The van der Waals surface area contributed by atoms with Crippen LogP contribution < -0.4 is 21.7 Å². The maximum atomic E-state index is 13.1. The molecule has 50 heavy (non-hydrogen) atoms. The van der Waals surface area contributed by atoms with Crippen molar-refractivity contribution in [3.05, 3.63) is 89.5 Å². The third kappa shape index (κ3) is 8.49. The number of rotatable bonds is 13. The summed E-state index contributed by atoms with van der Waals surface area (Å²) in [7, 11) is -9.79. The van der Waals surface area contributed by atoms with Crippen molar-refractivity contribution in [3.63, 3.8) is 0 Å². The smallest absolute Gasteiger partial charge is 0.295 e. The van der Waals surface area contributed by atoms with Crippen LogP contribution in [0.15, 0.2) is 76.5 Å². The van der Waals surface area contributed by atoms with Crippen LogP contribution in [0.3, 0.4) is 0 Å². The molecule has 0 amide bonds. The second-order valence-corrected chi connectivity index (χ2v) is 13.1. The van der Waals surface area contributed by atoms with Crippen molar-refractivity contribution in [1.82, 2.24) is 29.9 Å². The molecule has 20 heteroatoms. The average molecular weight is 723 g/mol. The largest absolute Gasteiger partial charge is 0.396 e. The summed E-state index contributed by atoms with van der Waals surface area (Å²) in [6.45, 7) is -0.737. The van der Waals surface area contributed by atoms with Gasteiger partial charge in [0.05, 0.1) is 18.9 Å². The zero-order valence-electron chi connectivity index (χ0n) is 25.9. The molecule has 5 aromatic rings. The predicted octanol–water partition coefficient (Wildman–Crippen LogP) is 2.17. The maximum Gasteiger partial charge on any atom is 0.295 e. The number of para-hydroxylation sites is 1. The van der Waals surface area contributed by atoms with Crippen LogP contribution in [0.25, 0.3) is 12.2 Å². The number of aromatic nitrogens is 6.